The maximum atomic E-state index is 10.9. The summed E-state index contributed by atoms with van der Waals surface area (Å²) < 4.78 is 20.0. The van der Waals surface area contributed by atoms with Crippen LogP contribution in [0.5, 0.6) is 0 Å². The van der Waals surface area contributed by atoms with Gasteiger partial charge in [0.15, 0.2) is 0 Å². The van der Waals surface area contributed by atoms with Crippen molar-refractivity contribution in [1.82, 2.24) is 0 Å². The van der Waals surface area contributed by atoms with Gasteiger partial charge >= 0.3 is 8.25 Å². The van der Waals surface area contributed by atoms with Gasteiger partial charge in [0.05, 0.1) is 12.5 Å². The Morgan fingerprint density at radius 3 is 1.57 bits per heavy atom. The molecule has 82 valence electrons. The van der Waals surface area contributed by atoms with E-state index in [-0.39, 0.29) is 0 Å². The average molecular weight is 300 g/mol. The van der Waals surface area contributed by atoms with Gasteiger partial charge in [0.25, 0.3) is 0 Å². The van der Waals surface area contributed by atoms with Gasteiger partial charge in [-0.25, -0.2) is 4.57 Å². The van der Waals surface area contributed by atoms with Gasteiger partial charge in [-0.05, 0) is 12.2 Å². The molecule has 0 aliphatic carbocycles. The van der Waals surface area contributed by atoms with Crippen molar-refractivity contribution >= 4 is 54.7 Å². The Labute approximate surface area is 103 Å². The van der Waals surface area contributed by atoms with Gasteiger partial charge in [-0.3, -0.25) is 0 Å². The van der Waals surface area contributed by atoms with Gasteiger partial charge in [0.2, 0.25) is 0 Å². The Morgan fingerprint density at radius 1 is 0.929 bits per heavy atom. The molecule has 0 aromatic rings. The Hall–Kier alpha value is 0.470. The molecule has 0 amide bonds. The second-order valence-corrected chi connectivity index (χ2v) is 5.11. The van der Waals surface area contributed by atoms with Crippen molar-refractivity contribution in [2.24, 2.45) is 0 Å². The van der Waals surface area contributed by atoms with E-state index in [1.165, 1.54) is 12.2 Å². The molecule has 0 rings (SSSR count). The van der Waals surface area contributed by atoms with Crippen molar-refractivity contribution in [3.63, 3.8) is 0 Å². The van der Waals surface area contributed by atoms with Crippen LogP contribution >= 0.6 is 54.7 Å². The van der Waals surface area contributed by atoms with E-state index in [2.05, 4.69) is 9.05 Å². The van der Waals surface area contributed by atoms with E-state index in [0.29, 0.717) is 0 Å². The van der Waals surface area contributed by atoms with Crippen LogP contribution < -0.4 is 0 Å². The Morgan fingerprint density at radius 2 is 1.29 bits per heavy atom. The lowest BCUT2D eigenvalue weighted by molar-refractivity contribution is 0.355. The quantitative estimate of drug-likeness (QED) is 0.422. The molecule has 0 fully saturated rings. The van der Waals surface area contributed by atoms with Gasteiger partial charge in [0, 0.05) is 0 Å². The van der Waals surface area contributed by atoms with Crippen molar-refractivity contribution in [2.75, 3.05) is 0 Å². The molecule has 0 bridgehead atoms. The highest BCUT2D eigenvalue weighted by Crippen LogP contribution is 2.25. The second-order valence-electron chi connectivity index (χ2n) is 1.81. The van der Waals surface area contributed by atoms with Gasteiger partial charge in [-0.15, -0.1) is 46.4 Å². The molecule has 0 saturated heterocycles. The molecule has 0 aliphatic rings. The fourth-order valence-electron chi connectivity index (χ4n) is 0.336. The summed E-state index contributed by atoms with van der Waals surface area (Å²) in [6.07, 6.45) is 4.78. The first kappa shape index (κ1) is 14.5. The molecule has 0 N–H and O–H groups in total. The summed E-state index contributed by atoms with van der Waals surface area (Å²) in [4.78, 5) is -1.43. The van der Waals surface area contributed by atoms with Crippen LogP contribution in [0.4, 0.5) is 0 Å². The molecule has 14 heavy (non-hydrogen) atoms. The molecule has 0 radical (unpaired) electrons. The smallest absolute Gasteiger partial charge is 0.417 e. The van der Waals surface area contributed by atoms with Gasteiger partial charge < -0.3 is 9.05 Å². The summed E-state index contributed by atoms with van der Waals surface area (Å²) >= 11 is 21.3. The SMILES string of the molecule is O=[PH](OC=CC(Cl)Cl)OC=CC(Cl)Cl. The van der Waals surface area contributed by atoms with Crippen molar-refractivity contribution in [3.05, 3.63) is 24.7 Å². The predicted octanol–water partition coefficient (Wildman–Crippen LogP) is 4.04. The van der Waals surface area contributed by atoms with E-state index in [0.717, 1.165) is 12.5 Å². The highest BCUT2D eigenvalue weighted by molar-refractivity contribution is 7.33. The molecule has 0 unspecified atom stereocenters. The zero-order valence-electron chi connectivity index (χ0n) is 6.70. The Balaban J connectivity index is 3.66. The summed E-state index contributed by atoms with van der Waals surface area (Å²) in [5.74, 6) is 0. The lowest BCUT2D eigenvalue weighted by Crippen LogP contribution is -1.78. The molecule has 0 atom stereocenters. The third-order valence-electron chi connectivity index (χ3n) is 0.777. The van der Waals surface area contributed by atoms with Gasteiger partial charge in [-0.2, -0.15) is 0 Å². The van der Waals surface area contributed by atoms with Crippen LogP contribution in [0.1, 0.15) is 0 Å². The van der Waals surface area contributed by atoms with Crippen LogP contribution in [0.15, 0.2) is 24.7 Å². The summed E-state index contributed by atoms with van der Waals surface area (Å²) in [5, 5.41) is 0. The maximum absolute atomic E-state index is 10.9. The van der Waals surface area contributed by atoms with E-state index in [1.54, 1.807) is 0 Å². The van der Waals surface area contributed by atoms with E-state index in [1.807, 2.05) is 0 Å². The largest absolute Gasteiger partial charge is 0.426 e. The second kappa shape index (κ2) is 8.75. The third kappa shape index (κ3) is 10.6. The lowest BCUT2D eigenvalue weighted by Gasteiger charge is -1.99. The van der Waals surface area contributed by atoms with E-state index in [9.17, 15) is 4.57 Å². The number of rotatable bonds is 6. The fourth-order valence-corrected chi connectivity index (χ4v) is 1.01. The first-order chi connectivity index (χ1) is 6.52. The summed E-state index contributed by atoms with van der Waals surface area (Å²) in [7, 11) is -2.64. The van der Waals surface area contributed by atoms with Crippen LogP contribution in [0.2, 0.25) is 0 Å². The number of allylic oxidation sites excluding steroid dienone is 2. The van der Waals surface area contributed by atoms with Crippen molar-refractivity contribution in [1.29, 1.82) is 0 Å². The van der Waals surface area contributed by atoms with E-state index in [4.69, 9.17) is 46.4 Å². The monoisotopic (exact) mass is 298 g/mol. The molecular formula is C6H7Cl4O3P. The molecule has 0 saturated carbocycles. The summed E-state index contributed by atoms with van der Waals surface area (Å²) in [6, 6.07) is 0. The number of alkyl halides is 4. The lowest BCUT2D eigenvalue weighted by atomic mass is 10.7. The van der Waals surface area contributed by atoms with Crippen LogP contribution in [-0.4, -0.2) is 9.67 Å². The molecule has 0 heterocycles. The van der Waals surface area contributed by atoms with Crippen molar-refractivity contribution in [3.8, 4) is 0 Å². The highest BCUT2D eigenvalue weighted by Gasteiger charge is 1.95. The number of hydrogen-bond acceptors (Lipinski definition) is 3. The van der Waals surface area contributed by atoms with Crippen LogP contribution in [0, 0.1) is 0 Å². The minimum Gasteiger partial charge on any atom is -0.426 e. The number of hydrogen-bond donors (Lipinski definition) is 0. The molecule has 0 aromatic carbocycles. The predicted molar refractivity (Wildman–Crippen MR) is 60.4 cm³/mol. The normalized spacial score (nSPS) is 14.4. The Kier molecular flexibility index (Phi) is 9.05. The first-order valence-corrected chi connectivity index (χ1v) is 6.26. The first-order valence-electron chi connectivity index (χ1n) is 3.29. The summed E-state index contributed by atoms with van der Waals surface area (Å²) in [6.45, 7) is 0. The molecule has 8 heteroatoms. The third-order valence-corrected chi connectivity index (χ3v) is 2.02. The molecule has 0 aromatic heterocycles. The van der Waals surface area contributed by atoms with Crippen LogP contribution in [0.3, 0.4) is 0 Å². The number of halogens is 4. The zero-order valence-corrected chi connectivity index (χ0v) is 10.7. The molecule has 3 nitrogen and oxygen atoms in total. The van der Waals surface area contributed by atoms with Gasteiger partial charge in [0.1, 0.15) is 9.67 Å². The van der Waals surface area contributed by atoms with Crippen LogP contribution in [-0.2, 0) is 13.6 Å². The van der Waals surface area contributed by atoms with Crippen LogP contribution in [0.25, 0.3) is 0 Å². The van der Waals surface area contributed by atoms with E-state index >= 15 is 0 Å². The molecule has 0 aliphatic heterocycles. The molecule has 0 spiro atoms. The standard InChI is InChI=1S/C6H7Cl4O3P/c7-5(8)1-3-12-14(11)13-4-2-6(9)10/h1-6,14H. The zero-order chi connectivity index (χ0) is 11.0. The highest BCUT2D eigenvalue weighted by atomic mass is 35.5. The van der Waals surface area contributed by atoms with Gasteiger partial charge in [-0.1, -0.05) is 0 Å². The van der Waals surface area contributed by atoms with Crippen molar-refractivity contribution < 1.29 is 13.6 Å². The average Bonchev–Trinajstić information content (AvgIpc) is 2.02. The minimum atomic E-state index is -2.64. The minimum absolute atomic E-state index is 0.713. The summed E-state index contributed by atoms with van der Waals surface area (Å²) in [5.41, 5.74) is 0. The fraction of sp³-hybridized carbons (Fsp3) is 0.333. The van der Waals surface area contributed by atoms with Crippen molar-refractivity contribution in [2.45, 2.75) is 9.67 Å². The maximum Gasteiger partial charge on any atom is 0.417 e. The molecular weight excluding hydrogens is 293 g/mol. The Bertz CT molecular complexity index is 207. The topological polar surface area (TPSA) is 35.5 Å². The van der Waals surface area contributed by atoms with E-state index < -0.39 is 17.9 Å².